The number of rotatable bonds is 3. The Morgan fingerprint density at radius 3 is 2.37 bits per heavy atom. The van der Waals surface area contributed by atoms with E-state index >= 15 is 0 Å². The average Bonchev–Trinajstić information content (AvgIpc) is 2.40. The molecule has 1 heterocycles. The number of carboxylic acids is 1. The van der Waals surface area contributed by atoms with Crippen LogP contribution in [-0.4, -0.2) is 41.1 Å². The summed E-state index contributed by atoms with van der Waals surface area (Å²) < 4.78 is 26.7. The van der Waals surface area contributed by atoms with Crippen molar-refractivity contribution in [1.29, 1.82) is 0 Å². The molecule has 2 aliphatic rings. The van der Waals surface area contributed by atoms with Crippen molar-refractivity contribution in [2.75, 3.05) is 6.54 Å². The van der Waals surface area contributed by atoms with Crippen LogP contribution in [0.25, 0.3) is 0 Å². The number of hydrogen-bond acceptors (Lipinski definition) is 3. The molecule has 110 valence electrons. The highest BCUT2D eigenvalue weighted by molar-refractivity contribution is 7.89. The first-order valence-electron chi connectivity index (χ1n) is 7.14. The minimum Gasteiger partial charge on any atom is -0.480 e. The molecule has 1 aliphatic carbocycles. The lowest BCUT2D eigenvalue weighted by atomic mass is 9.91. The highest BCUT2D eigenvalue weighted by atomic mass is 32.2. The smallest absolute Gasteiger partial charge is 0.324 e. The van der Waals surface area contributed by atoms with Crippen LogP contribution in [0.2, 0.25) is 0 Å². The number of carboxylic acid groups (broad SMARTS) is 1. The number of nitrogens with zero attached hydrogens (tertiary/aromatic N) is 1. The summed E-state index contributed by atoms with van der Waals surface area (Å²) in [5, 5.41) is 9.05. The van der Waals surface area contributed by atoms with Crippen LogP contribution in [-0.2, 0) is 14.8 Å². The van der Waals surface area contributed by atoms with Gasteiger partial charge in [0.1, 0.15) is 5.54 Å². The molecule has 5 nitrogen and oxygen atoms in total. The molecule has 0 aromatic heterocycles. The van der Waals surface area contributed by atoms with Gasteiger partial charge >= 0.3 is 5.97 Å². The molecule has 0 bridgehead atoms. The molecule has 0 spiro atoms. The maximum absolute atomic E-state index is 12.7. The molecule has 2 rings (SSSR count). The molecule has 0 radical (unpaired) electrons. The van der Waals surface area contributed by atoms with Crippen molar-refractivity contribution in [1.82, 2.24) is 4.31 Å². The Balaban J connectivity index is 2.28. The van der Waals surface area contributed by atoms with Gasteiger partial charge in [0.25, 0.3) is 0 Å². The van der Waals surface area contributed by atoms with E-state index in [9.17, 15) is 18.3 Å². The van der Waals surface area contributed by atoms with Crippen LogP contribution in [0.4, 0.5) is 0 Å². The van der Waals surface area contributed by atoms with Crippen molar-refractivity contribution in [3.05, 3.63) is 0 Å². The lowest BCUT2D eigenvalue weighted by Gasteiger charge is -2.42. The molecule has 2 fully saturated rings. The third kappa shape index (κ3) is 2.65. The zero-order valence-corrected chi connectivity index (χ0v) is 12.3. The molecule has 0 aromatic carbocycles. The molecule has 0 amide bonds. The number of sulfonamides is 1. The van der Waals surface area contributed by atoms with Crippen LogP contribution < -0.4 is 0 Å². The van der Waals surface area contributed by atoms with Crippen LogP contribution in [0.3, 0.4) is 0 Å². The summed E-state index contributed by atoms with van der Waals surface area (Å²) in [7, 11) is -3.49. The number of hydrogen-bond donors (Lipinski definition) is 1. The fourth-order valence-corrected chi connectivity index (χ4v) is 5.66. The third-order valence-corrected chi connectivity index (χ3v) is 7.08. The van der Waals surface area contributed by atoms with Crippen LogP contribution in [0.1, 0.15) is 58.3 Å². The van der Waals surface area contributed by atoms with Crippen molar-refractivity contribution in [2.24, 2.45) is 0 Å². The monoisotopic (exact) mass is 289 g/mol. The summed E-state index contributed by atoms with van der Waals surface area (Å²) in [6.07, 6.45) is 6.25. The summed E-state index contributed by atoms with van der Waals surface area (Å²) in [5.41, 5.74) is -1.26. The molecule has 19 heavy (non-hydrogen) atoms. The second-order valence-corrected chi connectivity index (χ2v) is 8.05. The maximum Gasteiger partial charge on any atom is 0.324 e. The number of piperidine rings is 1. The molecule has 1 atom stereocenters. The van der Waals surface area contributed by atoms with E-state index in [4.69, 9.17) is 0 Å². The summed E-state index contributed by atoms with van der Waals surface area (Å²) in [6.45, 7) is 1.90. The molecule has 1 unspecified atom stereocenters. The van der Waals surface area contributed by atoms with Gasteiger partial charge in [-0.2, -0.15) is 4.31 Å². The second-order valence-electron chi connectivity index (χ2n) is 5.91. The van der Waals surface area contributed by atoms with E-state index in [2.05, 4.69) is 0 Å². The third-order valence-electron chi connectivity index (χ3n) is 4.57. The maximum atomic E-state index is 12.7. The Morgan fingerprint density at radius 2 is 1.79 bits per heavy atom. The standard InChI is InChI=1S/C13H23NO4S/c1-13(12(15)16)9-5-6-10-14(13)19(17,18)11-7-3-2-4-8-11/h11H,2-10H2,1H3,(H,15,16). The zero-order chi connectivity index (χ0) is 14.1. The van der Waals surface area contributed by atoms with Crippen molar-refractivity contribution in [3.8, 4) is 0 Å². The molecule has 1 saturated carbocycles. The van der Waals surface area contributed by atoms with Crippen molar-refractivity contribution in [3.63, 3.8) is 0 Å². The van der Waals surface area contributed by atoms with E-state index in [0.717, 1.165) is 32.1 Å². The van der Waals surface area contributed by atoms with Gasteiger partial charge in [0, 0.05) is 6.54 Å². The van der Waals surface area contributed by atoms with Gasteiger partial charge < -0.3 is 5.11 Å². The predicted octanol–water partition coefficient (Wildman–Crippen LogP) is 1.98. The first-order chi connectivity index (χ1) is 8.89. The van der Waals surface area contributed by atoms with Crippen LogP contribution in [0, 0.1) is 0 Å². The normalized spacial score (nSPS) is 31.2. The van der Waals surface area contributed by atoms with Crippen LogP contribution >= 0.6 is 0 Å². The fourth-order valence-electron chi connectivity index (χ4n) is 3.26. The Hall–Kier alpha value is -0.620. The molecule has 1 saturated heterocycles. The lowest BCUT2D eigenvalue weighted by Crippen LogP contribution is -2.59. The predicted molar refractivity (Wildman–Crippen MR) is 72.4 cm³/mol. The molecule has 0 aromatic rings. The summed E-state index contributed by atoms with van der Waals surface area (Å²) in [5.74, 6) is -1.02. The Kier molecular flexibility index (Phi) is 4.20. The van der Waals surface area contributed by atoms with Gasteiger partial charge in [0.05, 0.1) is 5.25 Å². The van der Waals surface area contributed by atoms with Crippen molar-refractivity contribution < 1.29 is 18.3 Å². The van der Waals surface area contributed by atoms with Gasteiger partial charge in [-0.15, -0.1) is 0 Å². The number of carbonyl (C=O) groups is 1. The van der Waals surface area contributed by atoms with Crippen molar-refractivity contribution in [2.45, 2.75) is 69.1 Å². The second kappa shape index (κ2) is 5.40. The summed E-state index contributed by atoms with van der Waals surface area (Å²) >= 11 is 0. The van der Waals surface area contributed by atoms with Crippen LogP contribution in [0.15, 0.2) is 0 Å². The van der Waals surface area contributed by atoms with Gasteiger partial charge in [-0.05, 0) is 39.0 Å². The van der Waals surface area contributed by atoms with Gasteiger partial charge in [0.15, 0.2) is 0 Å². The van der Waals surface area contributed by atoms with E-state index in [1.165, 1.54) is 4.31 Å². The minimum absolute atomic E-state index is 0.349. The SMILES string of the molecule is CC1(C(=O)O)CCCCN1S(=O)(=O)C1CCCCC1. The first-order valence-corrected chi connectivity index (χ1v) is 8.64. The fraction of sp³-hybridized carbons (Fsp3) is 0.923. The quantitative estimate of drug-likeness (QED) is 0.862. The van der Waals surface area contributed by atoms with E-state index in [-0.39, 0.29) is 5.25 Å². The zero-order valence-electron chi connectivity index (χ0n) is 11.5. The average molecular weight is 289 g/mol. The Bertz CT molecular complexity index is 442. The summed E-state index contributed by atoms with van der Waals surface area (Å²) in [4.78, 5) is 11.5. The first kappa shape index (κ1) is 14.8. The van der Waals surface area contributed by atoms with E-state index < -0.39 is 21.5 Å². The minimum atomic E-state index is -3.49. The Morgan fingerprint density at radius 1 is 1.16 bits per heavy atom. The highest BCUT2D eigenvalue weighted by Gasteiger charge is 2.49. The van der Waals surface area contributed by atoms with Gasteiger partial charge in [-0.3, -0.25) is 4.79 Å². The molecule has 6 heteroatoms. The van der Waals surface area contributed by atoms with Gasteiger partial charge in [0.2, 0.25) is 10.0 Å². The van der Waals surface area contributed by atoms with E-state index in [1.54, 1.807) is 6.92 Å². The highest BCUT2D eigenvalue weighted by Crippen LogP contribution is 2.35. The molecular formula is C13H23NO4S. The van der Waals surface area contributed by atoms with E-state index in [1.807, 2.05) is 0 Å². The molecular weight excluding hydrogens is 266 g/mol. The van der Waals surface area contributed by atoms with Gasteiger partial charge in [-0.25, -0.2) is 8.42 Å². The lowest BCUT2D eigenvalue weighted by molar-refractivity contribution is -0.149. The molecule has 1 N–H and O–H groups in total. The molecule has 1 aliphatic heterocycles. The summed E-state index contributed by atoms with van der Waals surface area (Å²) in [6, 6.07) is 0. The largest absolute Gasteiger partial charge is 0.480 e. The van der Waals surface area contributed by atoms with Crippen molar-refractivity contribution >= 4 is 16.0 Å². The topological polar surface area (TPSA) is 74.7 Å². The van der Waals surface area contributed by atoms with E-state index in [0.29, 0.717) is 25.8 Å². The number of aliphatic carboxylic acids is 1. The Labute approximate surface area is 115 Å². The van der Waals surface area contributed by atoms with Crippen LogP contribution in [0.5, 0.6) is 0 Å². The van der Waals surface area contributed by atoms with Gasteiger partial charge in [-0.1, -0.05) is 19.3 Å².